The smallest absolute Gasteiger partial charge is 0.308 e. The van der Waals surface area contributed by atoms with Gasteiger partial charge in [-0.1, -0.05) is 11.6 Å². The third-order valence-corrected chi connectivity index (χ3v) is 5.70. The summed E-state index contributed by atoms with van der Waals surface area (Å²) in [7, 11) is 0. The monoisotopic (exact) mass is 471 g/mol. The normalized spacial score (nSPS) is 17.8. The van der Waals surface area contributed by atoms with Gasteiger partial charge in [0.1, 0.15) is 16.8 Å². The molecule has 2 aromatic carbocycles. The number of carbonyl (C=O) groups is 4. The first kappa shape index (κ1) is 22.4. The SMILES string of the molecule is CC(=O)Oc1ccc(N2C(=O)CC(N(C(=O)c3ccc(Cl)c([N+](=O)[O-])c3)C3CC3)C2=O)cc1. The Hall–Kier alpha value is -3.79. The first-order chi connectivity index (χ1) is 15.7. The number of ether oxygens (including phenoxy) is 1. The molecule has 1 aliphatic carbocycles. The fraction of sp³-hybridized carbons (Fsp3) is 0.273. The molecule has 0 bridgehead atoms. The van der Waals surface area contributed by atoms with Crippen LogP contribution in [0, 0.1) is 10.1 Å². The van der Waals surface area contributed by atoms with Crippen molar-refractivity contribution < 1.29 is 28.8 Å². The Labute approximate surface area is 192 Å². The average molecular weight is 472 g/mol. The number of rotatable bonds is 6. The second-order valence-electron chi connectivity index (χ2n) is 7.74. The van der Waals surface area contributed by atoms with Crippen LogP contribution in [0.2, 0.25) is 5.02 Å². The Morgan fingerprint density at radius 3 is 2.39 bits per heavy atom. The molecular formula is C22H18ClN3O7. The molecule has 1 unspecified atom stereocenters. The molecular weight excluding hydrogens is 454 g/mol. The molecule has 1 aliphatic heterocycles. The molecule has 33 heavy (non-hydrogen) atoms. The summed E-state index contributed by atoms with van der Waals surface area (Å²) in [6.45, 7) is 1.25. The summed E-state index contributed by atoms with van der Waals surface area (Å²) in [6, 6.07) is 8.30. The summed E-state index contributed by atoms with van der Waals surface area (Å²) in [5, 5.41) is 11.1. The summed E-state index contributed by atoms with van der Waals surface area (Å²) in [5.74, 6) is -1.86. The zero-order chi connectivity index (χ0) is 23.9. The van der Waals surface area contributed by atoms with E-state index in [1.807, 2.05) is 0 Å². The van der Waals surface area contributed by atoms with E-state index in [0.29, 0.717) is 12.8 Å². The van der Waals surface area contributed by atoms with E-state index in [-0.39, 0.29) is 34.5 Å². The van der Waals surface area contributed by atoms with Crippen LogP contribution in [-0.4, -0.2) is 45.6 Å². The van der Waals surface area contributed by atoms with Gasteiger partial charge in [0, 0.05) is 24.6 Å². The molecule has 2 aromatic rings. The number of imide groups is 1. The fourth-order valence-electron chi connectivity index (χ4n) is 3.78. The van der Waals surface area contributed by atoms with E-state index < -0.39 is 40.3 Å². The third-order valence-electron chi connectivity index (χ3n) is 5.38. The molecule has 1 saturated heterocycles. The largest absolute Gasteiger partial charge is 0.427 e. The van der Waals surface area contributed by atoms with E-state index in [9.17, 15) is 29.3 Å². The highest BCUT2D eigenvalue weighted by Gasteiger charge is 2.49. The van der Waals surface area contributed by atoms with E-state index in [0.717, 1.165) is 11.0 Å². The molecule has 0 radical (unpaired) electrons. The van der Waals surface area contributed by atoms with Gasteiger partial charge in [-0.2, -0.15) is 0 Å². The molecule has 1 heterocycles. The van der Waals surface area contributed by atoms with Gasteiger partial charge in [0.05, 0.1) is 17.0 Å². The van der Waals surface area contributed by atoms with Crippen LogP contribution in [0.4, 0.5) is 11.4 Å². The van der Waals surface area contributed by atoms with Crippen LogP contribution in [0.3, 0.4) is 0 Å². The van der Waals surface area contributed by atoms with Crippen molar-refractivity contribution in [3.8, 4) is 5.75 Å². The van der Waals surface area contributed by atoms with Crippen LogP contribution in [-0.2, 0) is 14.4 Å². The van der Waals surface area contributed by atoms with Crippen molar-refractivity contribution in [1.82, 2.24) is 4.90 Å². The number of anilines is 1. The van der Waals surface area contributed by atoms with Gasteiger partial charge in [0.25, 0.3) is 17.5 Å². The number of amides is 3. The molecule has 1 atom stereocenters. The van der Waals surface area contributed by atoms with Crippen LogP contribution in [0.15, 0.2) is 42.5 Å². The predicted octanol–water partition coefficient (Wildman–Crippen LogP) is 3.11. The second-order valence-corrected chi connectivity index (χ2v) is 8.15. The number of halogens is 1. The number of benzene rings is 2. The Morgan fingerprint density at radius 1 is 1.15 bits per heavy atom. The standard InChI is InChI=1S/C22H18ClN3O7/c1-12(27)33-16-7-5-15(6-8-16)25-20(28)11-19(22(25)30)24(14-3-4-14)21(29)13-2-9-17(23)18(10-13)26(31)32/h2,5-10,14,19H,3-4,11H2,1H3. The van der Waals surface area contributed by atoms with Crippen molar-refractivity contribution in [3.05, 3.63) is 63.2 Å². The molecule has 2 fully saturated rings. The fourth-order valence-corrected chi connectivity index (χ4v) is 3.97. The van der Waals surface area contributed by atoms with Crippen molar-refractivity contribution in [2.24, 2.45) is 0 Å². The lowest BCUT2D eigenvalue weighted by molar-refractivity contribution is -0.384. The number of esters is 1. The van der Waals surface area contributed by atoms with Crippen molar-refractivity contribution in [2.45, 2.75) is 38.3 Å². The van der Waals surface area contributed by atoms with Crippen LogP contribution >= 0.6 is 11.6 Å². The molecule has 2 aliphatic rings. The highest BCUT2D eigenvalue weighted by atomic mass is 35.5. The number of carbonyl (C=O) groups excluding carboxylic acids is 4. The lowest BCUT2D eigenvalue weighted by Gasteiger charge is -2.27. The first-order valence-electron chi connectivity index (χ1n) is 10.1. The molecule has 1 saturated carbocycles. The van der Waals surface area contributed by atoms with E-state index in [1.165, 1.54) is 48.2 Å². The van der Waals surface area contributed by atoms with Crippen molar-refractivity contribution >= 4 is 46.7 Å². The van der Waals surface area contributed by atoms with Crippen LogP contribution in [0.1, 0.15) is 36.5 Å². The summed E-state index contributed by atoms with van der Waals surface area (Å²) in [6.07, 6.45) is 1.12. The van der Waals surface area contributed by atoms with Crippen molar-refractivity contribution in [2.75, 3.05) is 4.90 Å². The molecule has 0 aromatic heterocycles. The number of nitro groups is 1. The molecule has 0 N–H and O–H groups in total. The second kappa shape index (κ2) is 8.62. The summed E-state index contributed by atoms with van der Waals surface area (Å²) in [4.78, 5) is 63.2. The topological polar surface area (TPSA) is 127 Å². The molecule has 4 rings (SSSR count). The number of hydrogen-bond acceptors (Lipinski definition) is 7. The number of nitrogens with zero attached hydrogens (tertiary/aromatic N) is 3. The summed E-state index contributed by atoms with van der Waals surface area (Å²) in [5.41, 5.74) is -0.113. The predicted molar refractivity (Wildman–Crippen MR) is 116 cm³/mol. The Kier molecular flexibility index (Phi) is 5.86. The maximum absolute atomic E-state index is 13.3. The van der Waals surface area contributed by atoms with Gasteiger partial charge in [0.2, 0.25) is 5.91 Å². The minimum Gasteiger partial charge on any atom is -0.427 e. The van der Waals surface area contributed by atoms with E-state index in [4.69, 9.17) is 16.3 Å². The lowest BCUT2D eigenvalue weighted by atomic mass is 10.1. The Morgan fingerprint density at radius 2 is 1.82 bits per heavy atom. The van der Waals surface area contributed by atoms with Gasteiger partial charge < -0.3 is 9.64 Å². The van der Waals surface area contributed by atoms with Gasteiger partial charge >= 0.3 is 5.97 Å². The van der Waals surface area contributed by atoms with Gasteiger partial charge in [-0.15, -0.1) is 0 Å². The Balaban J connectivity index is 1.61. The molecule has 10 nitrogen and oxygen atoms in total. The first-order valence-corrected chi connectivity index (χ1v) is 10.5. The van der Waals surface area contributed by atoms with Crippen LogP contribution in [0.25, 0.3) is 0 Å². The van der Waals surface area contributed by atoms with E-state index in [2.05, 4.69) is 0 Å². The van der Waals surface area contributed by atoms with Crippen LogP contribution in [0.5, 0.6) is 5.75 Å². The zero-order valence-electron chi connectivity index (χ0n) is 17.4. The highest BCUT2D eigenvalue weighted by molar-refractivity contribution is 6.32. The van der Waals surface area contributed by atoms with E-state index in [1.54, 1.807) is 0 Å². The quantitative estimate of drug-likeness (QED) is 0.208. The maximum atomic E-state index is 13.3. The summed E-state index contributed by atoms with van der Waals surface area (Å²) >= 11 is 5.85. The van der Waals surface area contributed by atoms with Gasteiger partial charge in [-0.25, -0.2) is 4.90 Å². The maximum Gasteiger partial charge on any atom is 0.308 e. The van der Waals surface area contributed by atoms with Gasteiger partial charge in [-0.3, -0.25) is 29.3 Å². The lowest BCUT2D eigenvalue weighted by Crippen LogP contribution is -2.46. The molecule has 3 amide bonds. The third kappa shape index (κ3) is 4.42. The van der Waals surface area contributed by atoms with E-state index >= 15 is 0 Å². The van der Waals surface area contributed by atoms with Gasteiger partial charge in [-0.05, 0) is 49.2 Å². The number of nitro benzene ring substituents is 1. The summed E-state index contributed by atoms with van der Waals surface area (Å²) < 4.78 is 4.96. The van der Waals surface area contributed by atoms with Crippen molar-refractivity contribution in [3.63, 3.8) is 0 Å². The highest BCUT2D eigenvalue weighted by Crippen LogP contribution is 2.36. The van der Waals surface area contributed by atoms with Crippen molar-refractivity contribution in [1.29, 1.82) is 0 Å². The molecule has 0 spiro atoms. The van der Waals surface area contributed by atoms with Gasteiger partial charge in [0.15, 0.2) is 0 Å². The van der Waals surface area contributed by atoms with Crippen LogP contribution < -0.4 is 9.64 Å². The zero-order valence-corrected chi connectivity index (χ0v) is 18.2. The number of hydrogen-bond donors (Lipinski definition) is 0. The Bertz CT molecular complexity index is 1180. The minimum atomic E-state index is -1.03. The minimum absolute atomic E-state index is 0.0161. The molecule has 11 heteroatoms. The molecule has 170 valence electrons. The average Bonchev–Trinajstić information content (AvgIpc) is 3.54.